The van der Waals surface area contributed by atoms with Gasteiger partial charge in [-0.3, -0.25) is 14.9 Å². The minimum Gasteiger partial charge on any atom is -0.384 e. The molecule has 1 amide bonds. The maximum absolute atomic E-state index is 13.3. The summed E-state index contributed by atoms with van der Waals surface area (Å²) in [5.41, 5.74) is 6.23. The fourth-order valence-corrected chi connectivity index (χ4v) is 4.43. The highest BCUT2D eigenvalue weighted by molar-refractivity contribution is 7.92. The molecular formula is C23H21F3N4O3S. The van der Waals surface area contributed by atoms with Gasteiger partial charge in [0.25, 0.3) is 10.0 Å². The van der Waals surface area contributed by atoms with Gasteiger partial charge in [0, 0.05) is 11.3 Å². The smallest absolute Gasteiger partial charge is 0.384 e. The molecule has 11 heteroatoms. The number of hydrogen-bond donors (Lipinski definition) is 4. The number of carbonyl (C=O) groups is 1. The number of alkyl halides is 3. The summed E-state index contributed by atoms with van der Waals surface area (Å²) >= 11 is 0. The Kier molecular flexibility index (Phi) is 6.96. The maximum Gasteiger partial charge on any atom is 0.417 e. The number of nitrogen functional groups attached to an aromatic ring is 1. The van der Waals surface area contributed by atoms with Crippen LogP contribution in [0.15, 0.2) is 71.6 Å². The lowest BCUT2D eigenvalue weighted by Gasteiger charge is -2.15. The van der Waals surface area contributed by atoms with Crippen LogP contribution in [0.1, 0.15) is 22.3 Å². The Morgan fingerprint density at radius 3 is 2.29 bits per heavy atom. The lowest BCUT2D eigenvalue weighted by Crippen LogP contribution is -2.19. The number of anilines is 2. The van der Waals surface area contributed by atoms with Gasteiger partial charge in [0.05, 0.1) is 22.6 Å². The second kappa shape index (κ2) is 9.56. The highest BCUT2D eigenvalue weighted by atomic mass is 32.2. The third-order valence-electron chi connectivity index (χ3n) is 4.88. The molecule has 3 aromatic carbocycles. The van der Waals surface area contributed by atoms with E-state index in [0.717, 1.165) is 12.1 Å². The molecule has 0 bridgehead atoms. The predicted octanol–water partition coefficient (Wildman–Crippen LogP) is 4.28. The Balaban J connectivity index is 1.79. The number of amides is 1. The van der Waals surface area contributed by atoms with Gasteiger partial charge >= 0.3 is 6.18 Å². The highest BCUT2D eigenvalue weighted by Crippen LogP contribution is 2.35. The Bertz CT molecular complexity index is 1340. The van der Waals surface area contributed by atoms with Gasteiger partial charge in [0.15, 0.2) is 0 Å². The number of benzene rings is 3. The van der Waals surface area contributed by atoms with Crippen LogP contribution in [-0.2, 0) is 27.4 Å². The zero-order chi connectivity index (χ0) is 25.1. The summed E-state index contributed by atoms with van der Waals surface area (Å²) in [5.74, 6) is -0.482. The van der Waals surface area contributed by atoms with Crippen molar-refractivity contribution in [2.75, 3.05) is 10.0 Å². The molecule has 0 spiro atoms. The van der Waals surface area contributed by atoms with E-state index in [2.05, 4.69) is 10.0 Å². The van der Waals surface area contributed by atoms with Crippen LogP contribution >= 0.6 is 0 Å². The number of nitrogens with two attached hydrogens (primary N) is 1. The quantitative estimate of drug-likeness (QED) is 0.291. The third-order valence-corrected chi connectivity index (χ3v) is 6.31. The van der Waals surface area contributed by atoms with Crippen LogP contribution < -0.4 is 15.8 Å². The Labute approximate surface area is 194 Å². The number of rotatable bonds is 7. The Hall–Kier alpha value is -3.86. The van der Waals surface area contributed by atoms with Crippen molar-refractivity contribution in [3.8, 4) is 0 Å². The van der Waals surface area contributed by atoms with Gasteiger partial charge in [-0.05, 0) is 42.3 Å². The first-order valence-corrected chi connectivity index (χ1v) is 11.4. The van der Waals surface area contributed by atoms with E-state index >= 15 is 0 Å². The summed E-state index contributed by atoms with van der Waals surface area (Å²) in [6, 6.07) is 14.7. The molecule has 3 aromatic rings. The molecule has 0 heterocycles. The van der Waals surface area contributed by atoms with Gasteiger partial charge in [-0.25, -0.2) is 8.42 Å². The summed E-state index contributed by atoms with van der Waals surface area (Å²) in [6.45, 7) is 1.69. The van der Waals surface area contributed by atoms with Gasteiger partial charge in [0.1, 0.15) is 5.84 Å². The summed E-state index contributed by atoms with van der Waals surface area (Å²) in [7, 11) is -4.56. The van der Waals surface area contributed by atoms with Gasteiger partial charge in [-0.1, -0.05) is 42.5 Å². The van der Waals surface area contributed by atoms with E-state index in [0.29, 0.717) is 28.4 Å². The molecule has 3 rings (SSSR count). The number of sulfonamides is 1. The molecule has 0 fully saturated rings. The van der Waals surface area contributed by atoms with Crippen LogP contribution in [0.5, 0.6) is 0 Å². The fourth-order valence-electron chi connectivity index (χ4n) is 3.15. The Morgan fingerprint density at radius 1 is 1.03 bits per heavy atom. The molecule has 0 aliphatic carbocycles. The second-order valence-corrected chi connectivity index (χ2v) is 9.12. The normalized spacial score (nSPS) is 11.6. The molecule has 178 valence electrons. The molecular weight excluding hydrogens is 469 g/mol. The minimum atomic E-state index is -4.85. The molecule has 0 unspecified atom stereocenters. The minimum absolute atomic E-state index is 0.00649. The summed E-state index contributed by atoms with van der Waals surface area (Å²) in [4.78, 5) is 11.6. The maximum atomic E-state index is 13.3. The monoisotopic (exact) mass is 490 g/mol. The predicted molar refractivity (Wildman–Crippen MR) is 123 cm³/mol. The molecule has 0 aromatic heterocycles. The van der Waals surface area contributed by atoms with E-state index in [9.17, 15) is 26.4 Å². The molecule has 0 radical (unpaired) electrons. The van der Waals surface area contributed by atoms with E-state index in [4.69, 9.17) is 11.1 Å². The van der Waals surface area contributed by atoms with Crippen molar-refractivity contribution >= 4 is 33.1 Å². The average molecular weight is 491 g/mol. The third kappa shape index (κ3) is 5.93. The van der Waals surface area contributed by atoms with Crippen molar-refractivity contribution in [1.29, 1.82) is 5.41 Å². The van der Waals surface area contributed by atoms with Gasteiger partial charge in [-0.15, -0.1) is 0 Å². The van der Waals surface area contributed by atoms with Crippen LogP contribution in [0, 0.1) is 12.3 Å². The summed E-state index contributed by atoms with van der Waals surface area (Å²) < 4.78 is 67.3. The molecule has 0 saturated heterocycles. The molecule has 0 aliphatic rings. The lowest BCUT2D eigenvalue weighted by molar-refractivity contribution is -0.139. The van der Waals surface area contributed by atoms with E-state index in [-0.39, 0.29) is 23.9 Å². The molecule has 0 saturated carbocycles. The van der Waals surface area contributed by atoms with Crippen molar-refractivity contribution in [2.24, 2.45) is 5.73 Å². The van der Waals surface area contributed by atoms with Crippen molar-refractivity contribution in [2.45, 2.75) is 24.4 Å². The topological polar surface area (TPSA) is 125 Å². The van der Waals surface area contributed by atoms with E-state index in [1.165, 1.54) is 24.3 Å². The lowest BCUT2D eigenvalue weighted by atomic mass is 10.1. The standard InChI is InChI=1S/C23H21F3N4O3S/c1-14-6-11-17(30-34(32,33)20-5-3-2-4-18(20)23(24,25)26)13-19(14)29-21(31)12-15-7-9-16(10-8-15)22(27)28/h2-11,13,30H,12H2,1H3,(H3,27,28)(H,29,31). The van der Waals surface area contributed by atoms with E-state index in [1.807, 2.05) is 0 Å². The summed E-state index contributed by atoms with van der Waals surface area (Å²) in [6.07, 6.45) is -4.84. The zero-order valence-corrected chi connectivity index (χ0v) is 18.7. The summed E-state index contributed by atoms with van der Waals surface area (Å²) in [5, 5.41) is 10.1. The number of nitrogens with one attached hydrogen (secondary N) is 3. The van der Waals surface area contributed by atoms with Crippen LogP contribution in [0.4, 0.5) is 24.5 Å². The number of amidine groups is 1. The van der Waals surface area contributed by atoms with Crippen LogP contribution in [0.2, 0.25) is 0 Å². The van der Waals surface area contributed by atoms with Crippen LogP contribution in [0.3, 0.4) is 0 Å². The molecule has 5 N–H and O–H groups in total. The Morgan fingerprint density at radius 2 is 1.68 bits per heavy atom. The largest absolute Gasteiger partial charge is 0.417 e. The number of carbonyl (C=O) groups excluding carboxylic acids is 1. The van der Waals surface area contributed by atoms with Gasteiger partial charge in [0.2, 0.25) is 5.91 Å². The number of halogens is 3. The first-order valence-electron chi connectivity index (χ1n) is 9.90. The van der Waals surface area contributed by atoms with Gasteiger partial charge in [-0.2, -0.15) is 13.2 Å². The molecule has 0 atom stereocenters. The zero-order valence-electron chi connectivity index (χ0n) is 17.9. The van der Waals surface area contributed by atoms with E-state index in [1.54, 1.807) is 31.2 Å². The van der Waals surface area contributed by atoms with Crippen molar-refractivity contribution in [3.63, 3.8) is 0 Å². The van der Waals surface area contributed by atoms with Crippen molar-refractivity contribution in [3.05, 3.63) is 89.0 Å². The van der Waals surface area contributed by atoms with Gasteiger partial charge < -0.3 is 11.1 Å². The van der Waals surface area contributed by atoms with Crippen molar-refractivity contribution < 1.29 is 26.4 Å². The van der Waals surface area contributed by atoms with Crippen molar-refractivity contribution in [1.82, 2.24) is 0 Å². The number of aryl methyl sites for hydroxylation is 1. The fraction of sp³-hybridized carbons (Fsp3) is 0.130. The SMILES string of the molecule is Cc1ccc(NS(=O)(=O)c2ccccc2C(F)(F)F)cc1NC(=O)Cc1ccc(C(=N)N)cc1. The molecule has 7 nitrogen and oxygen atoms in total. The average Bonchev–Trinajstić information content (AvgIpc) is 2.75. The molecule has 0 aliphatic heterocycles. The second-order valence-electron chi connectivity index (χ2n) is 7.46. The van der Waals surface area contributed by atoms with Crippen LogP contribution in [0.25, 0.3) is 0 Å². The van der Waals surface area contributed by atoms with Crippen LogP contribution in [-0.4, -0.2) is 20.2 Å². The molecule has 34 heavy (non-hydrogen) atoms. The van der Waals surface area contributed by atoms with E-state index < -0.39 is 26.7 Å². The first kappa shape index (κ1) is 24.8. The first-order chi connectivity index (χ1) is 15.9. The number of hydrogen-bond acceptors (Lipinski definition) is 4. The highest BCUT2D eigenvalue weighted by Gasteiger charge is 2.36.